The summed E-state index contributed by atoms with van der Waals surface area (Å²) in [5.74, 6) is 0.244. The van der Waals surface area contributed by atoms with Crippen LogP contribution in [0.2, 0.25) is 0 Å². The number of nitrogens with one attached hydrogen (secondary N) is 2. The van der Waals surface area contributed by atoms with Gasteiger partial charge in [-0.15, -0.1) is 24.0 Å². The molecule has 0 radical (unpaired) electrons. The van der Waals surface area contributed by atoms with Gasteiger partial charge in [0.15, 0.2) is 5.96 Å². The largest absolute Gasteiger partial charge is 0.352 e. The van der Waals surface area contributed by atoms with E-state index < -0.39 is 10.0 Å². The fraction of sp³-hybridized carbons (Fsp3) is 0.316. The third-order valence-corrected chi connectivity index (χ3v) is 6.01. The van der Waals surface area contributed by atoms with E-state index in [1.54, 1.807) is 44.3 Å². The summed E-state index contributed by atoms with van der Waals surface area (Å²) in [6.45, 7) is 2.39. The minimum Gasteiger partial charge on any atom is -0.352 e. The van der Waals surface area contributed by atoms with Crippen LogP contribution in [-0.4, -0.2) is 39.8 Å². The highest BCUT2D eigenvalue weighted by Crippen LogP contribution is 2.18. The van der Waals surface area contributed by atoms with Crippen molar-refractivity contribution in [1.82, 2.24) is 14.9 Å². The highest BCUT2D eigenvalue weighted by Gasteiger charge is 2.20. The Hall–Kier alpha value is -1.72. The molecule has 0 atom stereocenters. The lowest BCUT2D eigenvalue weighted by molar-refractivity contribution is 0.519. The van der Waals surface area contributed by atoms with Crippen LogP contribution in [0.1, 0.15) is 16.7 Å². The van der Waals surface area contributed by atoms with E-state index in [1.807, 2.05) is 6.07 Å². The molecule has 0 amide bonds. The zero-order valence-electron chi connectivity index (χ0n) is 16.4. The van der Waals surface area contributed by atoms with Crippen LogP contribution < -0.4 is 10.6 Å². The van der Waals surface area contributed by atoms with Gasteiger partial charge in [0.2, 0.25) is 10.0 Å². The summed E-state index contributed by atoms with van der Waals surface area (Å²) in [6, 6.07) is 11.9. The maximum Gasteiger partial charge on any atom is 0.242 e. The topological polar surface area (TPSA) is 73.8 Å². The SMILES string of the molecule is CN=C(NCc1ccc(C)c(F)c1)NCc1ccccc1S(=O)(=O)N(C)C.I. The Morgan fingerprint density at radius 1 is 1.11 bits per heavy atom. The molecule has 0 fully saturated rings. The van der Waals surface area contributed by atoms with Crippen molar-refractivity contribution in [3.8, 4) is 0 Å². The van der Waals surface area contributed by atoms with E-state index in [0.29, 0.717) is 23.6 Å². The van der Waals surface area contributed by atoms with Gasteiger partial charge >= 0.3 is 0 Å². The first-order valence-corrected chi connectivity index (χ1v) is 9.89. The molecule has 2 aromatic carbocycles. The Labute approximate surface area is 183 Å². The van der Waals surface area contributed by atoms with E-state index in [2.05, 4.69) is 15.6 Å². The molecule has 2 rings (SSSR count). The van der Waals surface area contributed by atoms with Crippen molar-refractivity contribution in [2.45, 2.75) is 24.9 Å². The van der Waals surface area contributed by atoms with E-state index in [4.69, 9.17) is 0 Å². The minimum atomic E-state index is -3.53. The summed E-state index contributed by atoms with van der Waals surface area (Å²) in [5, 5.41) is 6.19. The molecule has 0 aliphatic carbocycles. The van der Waals surface area contributed by atoms with Gasteiger partial charge in [0.05, 0.1) is 4.90 Å². The van der Waals surface area contributed by atoms with E-state index in [-0.39, 0.29) is 41.2 Å². The molecular weight excluding hydrogens is 494 g/mol. The molecule has 0 bridgehead atoms. The van der Waals surface area contributed by atoms with Crippen LogP contribution >= 0.6 is 24.0 Å². The van der Waals surface area contributed by atoms with Gasteiger partial charge in [0.1, 0.15) is 5.82 Å². The second kappa shape index (κ2) is 10.7. The zero-order valence-corrected chi connectivity index (χ0v) is 19.5. The third-order valence-electron chi connectivity index (χ3n) is 4.10. The first-order chi connectivity index (χ1) is 12.8. The second-order valence-electron chi connectivity index (χ2n) is 6.26. The predicted octanol–water partition coefficient (Wildman–Crippen LogP) is 2.87. The number of nitrogens with zero attached hydrogens (tertiary/aromatic N) is 2. The summed E-state index contributed by atoms with van der Waals surface area (Å²) in [7, 11) is 1.09. The Kier molecular flexibility index (Phi) is 9.31. The number of hydrogen-bond acceptors (Lipinski definition) is 3. The van der Waals surface area contributed by atoms with Crippen molar-refractivity contribution in [3.05, 3.63) is 65.0 Å². The fourth-order valence-corrected chi connectivity index (χ4v) is 3.55. The van der Waals surface area contributed by atoms with Crippen LogP contribution in [0.4, 0.5) is 4.39 Å². The molecule has 0 spiro atoms. The fourth-order valence-electron chi connectivity index (χ4n) is 2.43. The van der Waals surface area contributed by atoms with Crippen molar-refractivity contribution < 1.29 is 12.8 Å². The van der Waals surface area contributed by atoms with Gasteiger partial charge in [0.25, 0.3) is 0 Å². The van der Waals surface area contributed by atoms with Crippen LogP contribution in [0.3, 0.4) is 0 Å². The molecule has 0 heterocycles. The molecule has 154 valence electrons. The summed E-state index contributed by atoms with van der Waals surface area (Å²) >= 11 is 0. The lowest BCUT2D eigenvalue weighted by atomic mass is 10.1. The molecule has 0 saturated heterocycles. The van der Waals surface area contributed by atoms with E-state index in [0.717, 1.165) is 5.56 Å². The Balaban J connectivity index is 0.00000392. The Morgan fingerprint density at radius 2 is 1.75 bits per heavy atom. The van der Waals surface area contributed by atoms with E-state index >= 15 is 0 Å². The molecule has 0 saturated carbocycles. The standard InChI is InChI=1S/C19H25FN4O2S.HI/c1-14-9-10-15(11-17(14)20)12-22-19(21-2)23-13-16-7-5-6-8-18(16)27(25,26)24(3)4;/h5-11H,12-13H2,1-4H3,(H2,21,22,23);1H. The highest BCUT2D eigenvalue weighted by atomic mass is 127. The van der Waals surface area contributed by atoms with Crippen LogP contribution in [0.5, 0.6) is 0 Å². The van der Waals surface area contributed by atoms with Crippen LogP contribution in [0.25, 0.3) is 0 Å². The number of guanidine groups is 1. The second-order valence-corrected chi connectivity index (χ2v) is 8.38. The van der Waals surface area contributed by atoms with Gasteiger partial charge in [0, 0.05) is 34.2 Å². The normalized spacial score (nSPS) is 11.9. The van der Waals surface area contributed by atoms with E-state index in [9.17, 15) is 12.8 Å². The number of rotatable bonds is 6. The average molecular weight is 520 g/mol. The molecule has 0 aliphatic heterocycles. The van der Waals surface area contributed by atoms with Gasteiger partial charge in [-0.05, 0) is 35.7 Å². The van der Waals surface area contributed by atoms with Crippen LogP contribution in [0, 0.1) is 12.7 Å². The molecule has 0 unspecified atom stereocenters. The summed E-state index contributed by atoms with van der Waals surface area (Å²) in [5.41, 5.74) is 2.02. The maximum absolute atomic E-state index is 13.6. The van der Waals surface area contributed by atoms with Gasteiger partial charge in [-0.1, -0.05) is 30.3 Å². The lowest BCUT2D eigenvalue weighted by Crippen LogP contribution is -2.36. The van der Waals surface area contributed by atoms with Crippen molar-refractivity contribution in [3.63, 3.8) is 0 Å². The summed E-state index contributed by atoms with van der Waals surface area (Å²) in [4.78, 5) is 4.37. The number of halogens is 2. The van der Waals surface area contributed by atoms with Gasteiger partial charge in [-0.25, -0.2) is 17.1 Å². The van der Waals surface area contributed by atoms with Crippen LogP contribution in [-0.2, 0) is 23.1 Å². The first-order valence-electron chi connectivity index (χ1n) is 8.45. The van der Waals surface area contributed by atoms with Crippen molar-refractivity contribution >= 4 is 40.0 Å². The maximum atomic E-state index is 13.6. The molecule has 2 N–H and O–H groups in total. The first kappa shape index (κ1) is 24.3. The zero-order chi connectivity index (χ0) is 20.0. The third kappa shape index (κ3) is 6.14. The summed E-state index contributed by atoms with van der Waals surface area (Å²) in [6.07, 6.45) is 0. The highest BCUT2D eigenvalue weighted by molar-refractivity contribution is 14.0. The molecule has 2 aromatic rings. The number of benzene rings is 2. The monoisotopic (exact) mass is 520 g/mol. The van der Waals surface area contributed by atoms with Crippen LogP contribution in [0.15, 0.2) is 52.4 Å². The minimum absolute atomic E-state index is 0. The Morgan fingerprint density at radius 3 is 2.36 bits per heavy atom. The number of sulfonamides is 1. The molecule has 0 aromatic heterocycles. The molecule has 6 nitrogen and oxygen atoms in total. The van der Waals surface area contributed by atoms with Gasteiger partial charge in [-0.3, -0.25) is 4.99 Å². The molecular formula is C19H26FIN4O2S. The number of aryl methyl sites for hydroxylation is 1. The van der Waals surface area contributed by atoms with Crippen molar-refractivity contribution in [2.75, 3.05) is 21.1 Å². The number of hydrogen-bond donors (Lipinski definition) is 2. The lowest BCUT2D eigenvalue weighted by Gasteiger charge is -2.17. The number of aliphatic imine (C=N–C) groups is 1. The van der Waals surface area contributed by atoms with Crippen molar-refractivity contribution in [2.24, 2.45) is 4.99 Å². The van der Waals surface area contributed by atoms with Crippen molar-refractivity contribution in [1.29, 1.82) is 0 Å². The Bertz CT molecular complexity index is 933. The van der Waals surface area contributed by atoms with Gasteiger partial charge < -0.3 is 10.6 Å². The molecule has 0 aliphatic rings. The molecule has 9 heteroatoms. The average Bonchev–Trinajstić information content (AvgIpc) is 2.64. The predicted molar refractivity (Wildman–Crippen MR) is 121 cm³/mol. The summed E-state index contributed by atoms with van der Waals surface area (Å²) < 4.78 is 39.7. The quantitative estimate of drug-likeness (QED) is 0.349. The smallest absolute Gasteiger partial charge is 0.242 e. The van der Waals surface area contributed by atoms with E-state index in [1.165, 1.54) is 24.5 Å². The van der Waals surface area contributed by atoms with Gasteiger partial charge in [-0.2, -0.15) is 0 Å². The molecule has 28 heavy (non-hydrogen) atoms.